The number of hydrogen-bond acceptors (Lipinski definition) is 8. The van der Waals surface area contributed by atoms with Crippen LogP contribution in [0.1, 0.15) is 54.4 Å². The summed E-state index contributed by atoms with van der Waals surface area (Å²) < 4.78 is 30.9. The Morgan fingerprint density at radius 2 is 1.76 bits per heavy atom. The van der Waals surface area contributed by atoms with Gasteiger partial charge in [0.2, 0.25) is 0 Å². The van der Waals surface area contributed by atoms with Crippen LogP contribution in [-0.2, 0) is 32.5 Å². The average Bonchev–Trinajstić information content (AvgIpc) is 3.49. The molecule has 0 unspecified atom stereocenters. The van der Waals surface area contributed by atoms with Crippen LogP contribution in [0.2, 0.25) is 0 Å². The lowest BCUT2D eigenvalue weighted by Gasteiger charge is -2.31. The van der Waals surface area contributed by atoms with Crippen LogP contribution in [0, 0.1) is 12.7 Å². The number of nitrogens with one attached hydrogen (secondary N) is 1. The van der Waals surface area contributed by atoms with Gasteiger partial charge in [0, 0.05) is 50.4 Å². The number of oxazole rings is 1. The zero-order valence-electron chi connectivity index (χ0n) is 25.9. The first-order valence-corrected chi connectivity index (χ1v) is 15.3. The van der Waals surface area contributed by atoms with E-state index < -0.39 is 11.9 Å². The van der Waals surface area contributed by atoms with Gasteiger partial charge in [-0.15, -0.1) is 0 Å². The number of rotatable bonds is 10. The van der Waals surface area contributed by atoms with E-state index in [2.05, 4.69) is 15.2 Å². The molecule has 2 aliphatic rings. The lowest BCUT2D eigenvalue weighted by atomic mass is 9.96. The van der Waals surface area contributed by atoms with Crippen molar-refractivity contribution in [2.45, 2.75) is 45.6 Å². The molecule has 2 N–H and O–H groups in total. The second-order valence-corrected chi connectivity index (χ2v) is 11.7. The first-order valence-electron chi connectivity index (χ1n) is 15.3. The number of methoxy groups -OCH3 is 1. The molecule has 0 saturated heterocycles. The highest BCUT2D eigenvalue weighted by molar-refractivity contribution is 5.95. The van der Waals surface area contributed by atoms with Crippen molar-refractivity contribution in [3.63, 3.8) is 0 Å². The van der Waals surface area contributed by atoms with E-state index in [0.717, 1.165) is 22.3 Å². The standard InChI is InChI=1S/C35H37FN4O6/c1-22-33(46-21-38-22)20-45-32-15-25-9-11-39(17-28(25)14-31(32)36)19-29(41)16-37-34(42)26-3-4-27-18-40(12-10-24(27)13-26)35(43)23-5-7-30(44-2)8-6-23/h3-8,13-15,21,29,41H,9-12,16-20H2,1-2H3,(H,37,42)/t29-/m0/s1. The summed E-state index contributed by atoms with van der Waals surface area (Å²) in [6.07, 6.45) is 1.87. The van der Waals surface area contributed by atoms with Crippen LogP contribution >= 0.6 is 0 Å². The Morgan fingerprint density at radius 1 is 1.00 bits per heavy atom. The Bertz CT molecular complexity index is 1720. The molecule has 3 aromatic carbocycles. The fourth-order valence-corrected chi connectivity index (χ4v) is 5.95. The Morgan fingerprint density at radius 3 is 2.52 bits per heavy atom. The van der Waals surface area contributed by atoms with Crippen molar-refractivity contribution in [2.75, 3.05) is 33.3 Å². The molecule has 1 atom stereocenters. The maximum atomic E-state index is 14.8. The summed E-state index contributed by atoms with van der Waals surface area (Å²) in [5, 5.41) is 13.6. The number of β-amino-alcohol motifs (C(OH)–C–C–N with tert-alkyl or cyclic N) is 1. The minimum atomic E-state index is -0.793. The maximum Gasteiger partial charge on any atom is 0.254 e. The number of aryl methyl sites for hydroxylation is 1. The molecule has 0 radical (unpaired) electrons. The molecule has 1 aromatic heterocycles. The molecule has 6 rings (SSSR count). The van der Waals surface area contributed by atoms with Crippen molar-refractivity contribution in [2.24, 2.45) is 0 Å². The van der Waals surface area contributed by atoms with E-state index in [9.17, 15) is 19.1 Å². The number of amides is 2. The first kappa shape index (κ1) is 31.3. The number of nitrogens with zero attached hydrogens (tertiary/aromatic N) is 3. The number of carbonyl (C=O) groups is 2. The molecule has 0 aliphatic carbocycles. The normalized spacial score (nSPS) is 15.1. The molecule has 10 nitrogen and oxygen atoms in total. The third-order valence-corrected chi connectivity index (χ3v) is 8.62. The third-order valence-electron chi connectivity index (χ3n) is 8.62. The van der Waals surface area contributed by atoms with Gasteiger partial charge in [0.1, 0.15) is 12.4 Å². The Hall–Kier alpha value is -4.74. The van der Waals surface area contributed by atoms with E-state index in [4.69, 9.17) is 13.9 Å². The lowest BCUT2D eigenvalue weighted by Crippen LogP contribution is -2.42. The third kappa shape index (κ3) is 7.05. The molecule has 0 saturated carbocycles. The van der Waals surface area contributed by atoms with Gasteiger partial charge in [0.05, 0.1) is 18.9 Å². The van der Waals surface area contributed by atoms with Gasteiger partial charge in [-0.1, -0.05) is 6.07 Å². The largest absolute Gasteiger partial charge is 0.497 e. The molecular weight excluding hydrogens is 591 g/mol. The van der Waals surface area contributed by atoms with E-state index in [1.54, 1.807) is 50.4 Å². The number of benzene rings is 3. The van der Waals surface area contributed by atoms with Gasteiger partial charge in [-0.3, -0.25) is 14.5 Å². The molecule has 4 aromatic rings. The summed E-state index contributed by atoms with van der Waals surface area (Å²) in [4.78, 5) is 33.8. The van der Waals surface area contributed by atoms with E-state index in [1.165, 1.54) is 12.5 Å². The minimum absolute atomic E-state index is 0.0423. The number of halogens is 1. The van der Waals surface area contributed by atoms with E-state index in [-0.39, 0.29) is 30.7 Å². The van der Waals surface area contributed by atoms with Crippen molar-refractivity contribution in [3.05, 3.63) is 112 Å². The molecule has 0 fully saturated rings. The smallest absolute Gasteiger partial charge is 0.254 e. The van der Waals surface area contributed by atoms with Crippen LogP contribution in [0.5, 0.6) is 11.5 Å². The van der Waals surface area contributed by atoms with Gasteiger partial charge in [0.25, 0.3) is 11.8 Å². The average molecular weight is 629 g/mol. The lowest BCUT2D eigenvalue weighted by molar-refractivity contribution is 0.0734. The van der Waals surface area contributed by atoms with Gasteiger partial charge < -0.3 is 29.2 Å². The van der Waals surface area contributed by atoms with Gasteiger partial charge in [-0.05, 0) is 90.6 Å². The number of ether oxygens (including phenoxy) is 2. The zero-order valence-corrected chi connectivity index (χ0v) is 25.9. The molecule has 0 spiro atoms. The van der Waals surface area contributed by atoms with E-state index in [0.29, 0.717) is 73.9 Å². The van der Waals surface area contributed by atoms with Crippen molar-refractivity contribution < 1.29 is 33.0 Å². The number of hydrogen-bond donors (Lipinski definition) is 2. The van der Waals surface area contributed by atoms with Crippen LogP contribution in [0.3, 0.4) is 0 Å². The molecule has 2 aliphatic heterocycles. The van der Waals surface area contributed by atoms with Crippen LogP contribution in [0.25, 0.3) is 0 Å². The number of aliphatic hydroxyl groups excluding tert-OH is 1. The first-order chi connectivity index (χ1) is 22.3. The van der Waals surface area contributed by atoms with Crippen LogP contribution in [-0.4, -0.2) is 71.1 Å². The summed E-state index contributed by atoms with van der Waals surface area (Å²) >= 11 is 0. The maximum absolute atomic E-state index is 14.8. The SMILES string of the molecule is COc1ccc(C(=O)N2CCc3cc(C(=O)NC[C@H](O)CN4CCc5cc(OCc6ocnc6C)c(F)cc5C4)ccc3C2)cc1. The highest BCUT2D eigenvalue weighted by Crippen LogP contribution is 2.28. The fourth-order valence-electron chi connectivity index (χ4n) is 5.95. The highest BCUT2D eigenvalue weighted by Gasteiger charge is 2.24. The highest BCUT2D eigenvalue weighted by atomic mass is 19.1. The molecule has 11 heteroatoms. The summed E-state index contributed by atoms with van der Waals surface area (Å²) in [6, 6.07) is 15.8. The summed E-state index contributed by atoms with van der Waals surface area (Å²) in [5.41, 5.74) is 5.72. The van der Waals surface area contributed by atoms with Gasteiger partial charge in [-0.25, -0.2) is 9.37 Å². The molecule has 240 valence electrons. The summed E-state index contributed by atoms with van der Waals surface area (Å²) in [5.74, 6) is 0.669. The predicted octanol–water partition coefficient (Wildman–Crippen LogP) is 4.06. The number of fused-ring (bicyclic) bond motifs is 2. The second-order valence-electron chi connectivity index (χ2n) is 11.7. The van der Waals surface area contributed by atoms with E-state index in [1.807, 2.05) is 17.0 Å². The second kappa shape index (κ2) is 13.7. The van der Waals surface area contributed by atoms with Gasteiger partial charge >= 0.3 is 0 Å². The fraction of sp³-hybridized carbons (Fsp3) is 0.343. The Labute approximate surface area is 266 Å². The van der Waals surface area contributed by atoms with Crippen LogP contribution in [0.15, 0.2) is 65.4 Å². The van der Waals surface area contributed by atoms with Gasteiger partial charge in [-0.2, -0.15) is 0 Å². The predicted molar refractivity (Wildman–Crippen MR) is 167 cm³/mol. The zero-order chi connectivity index (χ0) is 32.2. The Kier molecular flexibility index (Phi) is 9.32. The molecule has 0 bridgehead atoms. The molecule has 46 heavy (non-hydrogen) atoms. The Balaban J connectivity index is 0.978. The molecule has 3 heterocycles. The minimum Gasteiger partial charge on any atom is -0.497 e. The van der Waals surface area contributed by atoms with Crippen molar-refractivity contribution in [1.82, 2.24) is 20.1 Å². The quantitative estimate of drug-likeness (QED) is 0.270. The van der Waals surface area contributed by atoms with Gasteiger partial charge in [0.15, 0.2) is 23.7 Å². The summed E-state index contributed by atoms with van der Waals surface area (Å²) in [6.45, 7) is 4.54. The number of carbonyl (C=O) groups excluding carboxylic acids is 2. The van der Waals surface area contributed by atoms with Crippen molar-refractivity contribution in [3.8, 4) is 11.5 Å². The molecule has 2 amide bonds. The van der Waals surface area contributed by atoms with Crippen LogP contribution < -0.4 is 14.8 Å². The topological polar surface area (TPSA) is 117 Å². The van der Waals surface area contributed by atoms with Crippen molar-refractivity contribution in [1.29, 1.82) is 0 Å². The van der Waals surface area contributed by atoms with Crippen LogP contribution in [0.4, 0.5) is 4.39 Å². The summed E-state index contributed by atoms with van der Waals surface area (Å²) in [7, 11) is 1.59. The molecular formula is C35H37FN4O6. The number of aliphatic hydroxyl groups is 1. The monoisotopic (exact) mass is 628 g/mol. The van der Waals surface area contributed by atoms with E-state index >= 15 is 0 Å². The number of aromatic nitrogens is 1. The van der Waals surface area contributed by atoms with Crippen molar-refractivity contribution >= 4 is 11.8 Å².